The number of aliphatic carboxylic acids is 2. The highest BCUT2D eigenvalue weighted by Crippen LogP contribution is 2.29. The molecule has 0 fully saturated rings. The van der Waals surface area contributed by atoms with Crippen molar-refractivity contribution in [3.63, 3.8) is 0 Å². The van der Waals surface area contributed by atoms with Gasteiger partial charge in [0.15, 0.2) is 0 Å². The predicted molar refractivity (Wildman–Crippen MR) is 166 cm³/mol. The summed E-state index contributed by atoms with van der Waals surface area (Å²) in [5.74, 6) is -3.83. The maximum atomic E-state index is 13.9. The molecule has 3 heterocycles. The SMILES string of the molecule is Cc1cc2ccc1CCOC(=O)Nc1cccc(c1)[C@H](CC(=O)O)NC(=O)C2Nc1ccc2c(N)nccc2c1.O=C(O)C(F)(F)F. The number of anilines is 3. The number of fused-ring (bicyclic) bond motifs is 10. The van der Waals surface area contributed by atoms with E-state index in [1.807, 2.05) is 49.4 Å². The molecule has 6 rings (SSSR count). The number of aromatic nitrogens is 1. The zero-order valence-electron chi connectivity index (χ0n) is 24.8. The molecule has 47 heavy (non-hydrogen) atoms. The molecule has 1 aromatic heterocycles. The van der Waals surface area contributed by atoms with Crippen molar-refractivity contribution in [3.8, 4) is 0 Å². The molecule has 1 unspecified atom stereocenters. The monoisotopic (exact) mass is 653 g/mol. The highest BCUT2D eigenvalue weighted by atomic mass is 19.4. The van der Waals surface area contributed by atoms with Gasteiger partial charge < -0.3 is 31.3 Å². The zero-order chi connectivity index (χ0) is 34.3. The van der Waals surface area contributed by atoms with Crippen molar-refractivity contribution >= 4 is 51.9 Å². The summed E-state index contributed by atoms with van der Waals surface area (Å²) >= 11 is 0. The Bertz CT molecular complexity index is 1820. The standard InChI is InChI=1S/C30H29N5O5.C2HF3O2/c1-17-13-21-6-5-18(17)10-12-40-30(39)34-22-4-2-3-20(15-22)25(16-26(36)37)35-29(38)27(21)33-23-7-8-24-19(14-23)9-11-32-28(24)31;3-2(4,5)1(6)7/h2-9,11,13-15,25,27,33H,10,12,16H2,1H3,(H2,31,32)(H,34,39)(H,35,38)(H,36,37);(H,6,7)/t25-,27?;/m0./s1. The number of alkyl halides is 3. The third-order valence-electron chi connectivity index (χ3n) is 7.15. The van der Waals surface area contributed by atoms with Crippen molar-refractivity contribution in [2.75, 3.05) is 23.0 Å². The van der Waals surface area contributed by atoms with E-state index in [1.54, 1.807) is 30.5 Å². The van der Waals surface area contributed by atoms with E-state index >= 15 is 0 Å². The molecule has 12 nitrogen and oxygen atoms in total. The van der Waals surface area contributed by atoms with Crippen molar-refractivity contribution in [2.24, 2.45) is 0 Å². The molecule has 0 spiro atoms. The summed E-state index contributed by atoms with van der Waals surface area (Å²) in [6.07, 6.45) is -3.93. The van der Waals surface area contributed by atoms with E-state index in [9.17, 15) is 32.7 Å². The first-order valence-corrected chi connectivity index (χ1v) is 14.1. The largest absolute Gasteiger partial charge is 0.490 e. The fraction of sp³-hybridized carbons (Fsp3) is 0.219. The van der Waals surface area contributed by atoms with Crippen LogP contribution in [0.3, 0.4) is 0 Å². The Kier molecular flexibility index (Phi) is 10.5. The molecule has 246 valence electrons. The smallest absolute Gasteiger partial charge is 0.481 e. The number of carbonyl (C=O) groups is 4. The van der Waals surface area contributed by atoms with Crippen LogP contribution in [-0.4, -0.2) is 51.9 Å². The van der Waals surface area contributed by atoms with Gasteiger partial charge >= 0.3 is 24.2 Å². The molecule has 2 aliphatic rings. The number of amides is 2. The maximum absolute atomic E-state index is 13.9. The first kappa shape index (κ1) is 34.0. The van der Waals surface area contributed by atoms with E-state index in [4.69, 9.17) is 20.4 Å². The van der Waals surface area contributed by atoms with E-state index < -0.39 is 42.2 Å². The number of hydrogen-bond acceptors (Lipinski definition) is 8. The molecule has 0 radical (unpaired) electrons. The van der Waals surface area contributed by atoms with E-state index in [0.717, 1.165) is 21.9 Å². The van der Waals surface area contributed by atoms with Crippen LogP contribution < -0.4 is 21.7 Å². The lowest BCUT2D eigenvalue weighted by molar-refractivity contribution is -0.192. The summed E-state index contributed by atoms with van der Waals surface area (Å²) in [6, 6.07) is 18.0. The Morgan fingerprint density at radius 2 is 1.79 bits per heavy atom. The highest BCUT2D eigenvalue weighted by molar-refractivity contribution is 5.94. The molecule has 4 aromatic rings. The van der Waals surface area contributed by atoms with E-state index in [2.05, 4.69) is 20.9 Å². The zero-order valence-corrected chi connectivity index (χ0v) is 24.8. The maximum Gasteiger partial charge on any atom is 0.490 e. The molecule has 15 heteroatoms. The van der Waals surface area contributed by atoms with Crippen molar-refractivity contribution in [2.45, 2.75) is 38.0 Å². The number of pyridine rings is 1. The number of carboxylic acids is 2. The van der Waals surface area contributed by atoms with Crippen molar-refractivity contribution < 1.29 is 47.3 Å². The summed E-state index contributed by atoms with van der Waals surface area (Å²) in [4.78, 5) is 51.0. The Balaban J connectivity index is 0.000000644. The van der Waals surface area contributed by atoms with Crippen LogP contribution in [0.1, 0.15) is 40.8 Å². The number of aryl methyl sites for hydroxylation is 1. The highest BCUT2D eigenvalue weighted by Gasteiger charge is 2.38. The lowest BCUT2D eigenvalue weighted by Gasteiger charge is -2.25. The first-order valence-electron chi connectivity index (χ1n) is 14.1. The number of carboxylic acid groups (broad SMARTS) is 2. The molecule has 0 aliphatic carbocycles. The lowest BCUT2D eigenvalue weighted by Crippen LogP contribution is -2.37. The van der Waals surface area contributed by atoms with E-state index in [0.29, 0.717) is 34.7 Å². The van der Waals surface area contributed by atoms with Crippen molar-refractivity contribution in [3.05, 3.63) is 95.2 Å². The number of hydrogen-bond donors (Lipinski definition) is 6. The van der Waals surface area contributed by atoms with Crippen molar-refractivity contribution in [1.29, 1.82) is 0 Å². The molecular formula is C32H30F3N5O7. The third-order valence-corrected chi connectivity index (χ3v) is 7.15. The summed E-state index contributed by atoms with van der Waals surface area (Å²) in [7, 11) is 0. The van der Waals surface area contributed by atoms with Crippen molar-refractivity contribution in [1.82, 2.24) is 10.3 Å². The van der Waals surface area contributed by atoms with E-state index in [-0.39, 0.29) is 13.0 Å². The predicted octanol–water partition coefficient (Wildman–Crippen LogP) is 5.35. The van der Waals surface area contributed by atoms with Gasteiger partial charge in [-0.2, -0.15) is 13.2 Å². The lowest BCUT2D eigenvalue weighted by atomic mass is 9.96. The van der Waals surface area contributed by atoms with Crippen LogP contribution in [0.15, 0.2) is 72.9 Å². The number of nitrogens with two attached hydrogens (primary N) is 1. The van der Waals surface area contributed by atoms with Gasteiger partial charge in [-0.25, -0.2) is 14.6 Å². The molecule has 0 saturated heterocycles. The van der Waals surface area contributed by atoms with E-state index in [1.165, 1.54) is 0 Å². The molecule has 4 bridgehead atoms. The second-order valence-electron chi connectivity index (χ2n) is 10.5. The number of nitrogens with zero attached hydrogens (tertiary/aromatic N) is 1. The number of nitrogens with one attached hydrogen (secondary N) is 3. The fourth-order valence-electron chi connectivity index (χ4n) is 4.86. The molecule has 2 atom stereocenters. The Morgan fingerprint density at radius 3 is 2.47 bits per heavy atom. The van der Waals surface area contributed by atoms with Crippen LogP contribution in [0.5, 0.6) is 0 Å². The van der Waals surface area contributed by atoms with Crippen LogP contribution in [-0.2, 0) is 25.5 Å². The fourth-order valence-corrected chi connectivity index (χ4v) is 4.86. The minimum atomic E-state index is -5.08. The van der Waals surface area contributed by atoms with Gasteiger partial charge in [-0.3, -0.25) is 14.9 Å². The normalized spacial score (nSPS) is 16.6. The molecule has 7 N–H and O–H groups in total. The van der Waals surface area contributed by atoms with Gasteiger partial charge in [-0.15, -0.1) is 0 Å². The van der Waals surface area contributed by atoms with Gasteiger partial charge in [0.05, 0.1) is 19.1 Å². The summed E-state index contributed by atoms with van der Waals surface area (Å²) in [5.41, 5.74) is 10.2. The Hall–Kier alpha value is -5.86. The van der Waals surface area contributed by atoms with Gasteiger partial charge in [0.25, 0.3) is 0 Å². The summed E-state index contributed by atoms with van der Waals surface area (Å²) in [5, 5.41) is 27.3. The van der Waals surface area contributed by atoms with Gasteiger partial charge in [-0.1, -0.05) is 30.3 Å². The second-order valence-corrected chi connectivity index (χ2v) is 10.5. The number of carbonyl (C=O) groups excluding carboxylic acids is 2. The minimum absolute atomic E-state index is 0.171. The topological polar surface area (TPSA) is 193 Å². The number of halogens is 3. The minimum Gasteiger partial charge on any atom is -0.481 e. The van der Waals surface area contributed by atoms with Gasteiger partial charge in [0, 0.05) is 29.4 Å². The second kappa shape index (κ2) is 14.5. The van der Waals surface area contributed by atoms with Crippen LogP contribution in [0.25, 0.3) is 10.8 Å². The average molecular weight is 654 g/mol. The van der Waals surface area contributed by atoms with Crippen LogP contribution in [0.2, 0.25) is 0 Å². The molecule has 3 aromatic carbocycles. The van der Waals surface area contributed by atoms with Gasteiger partial charge in [0.1, 0.15) is 11.9 Å². The summed E-state index contributed by atoms with van der Waals surface area (Å²) in [6.45, 7) is 2.10. The number of benzene rings is 3. The quantitative estimate of drug-likeness (QED) is 0.167. The Labute approximate surface area is 265 Å². The molecule has 0 saturated carbocycles. The molecular weight excluding hydrogens is 623 g/mol. The van der Waals surface area contributed by atoms with Gasteiger partial charge in [-0.05, 0) is 71.0 Å². The third kappa shape index (κ3) is 9.09. The first-order chi connectivity index (χ1) is 22.2. The average Bonchev–Trinajstić information content (AvgIpc) is 2.99. The summed E-state index contributed by atoms with van der Waals surface area (Å²) < 4.78 is 37.1. The Morgan fingerprint density at radius 1 is 1.04 bits per heavy atom. The number of ether oxygens (including phenoxy) is 1. The number of rotatable bonds is 4. The molecule has 2 amide bonds. The van der Waals surface area contributed by atoms with Crippen LogP contribution >= 0.6 is 0 Å². The van der Waals surface area contributed by atoms with Crippen LogP contribution in [0.4, 0.5) is 35.2 Å². The van der Waals surface area contributed by atoms with Gasteiger partial charge in [0.2, 0.25) is 5.91 Å². The molecule has 2 aliphatic heterocycles. The number of nitrogen functional groups attached to an aromatic ring is 1. The van der Waals surface area contributed by atoms with Crippen LogP contribution in [0, 0.1) is 6.92 Å².